The highest BCUT2D eigenvalue weighted by Gasteiger charge is 2.51. The van der Waals surface area contributed by atoms with Crippen molar-refractivity contribution in [1.82, 2.24) is 25.3 Å². The van der Waals surface area contributed by atoms with Crippen LogP contribution in [0.25, 0.3) is 11.5 Å². The average molecular weight is 424 g/mol. The summed E-state index contributed by atoms with van der Waals surface area (Å²) in [4.78, 5) is 30.0. The second-order valence-corrected chi connectivity index (χ2v) is 8.92. The SMILES string of the molecule is CCNC(=O)[C@H]1[C@H]2C[C@H](CN(Cc3nnc(-c4ccccc4)o3)C2)[C@@H]2CCCC(=O)N21. The molecule has 5 rings (SSSR count). The van der Waals surface area contributed by atoms with Crippen molar-refractivity contribution in [2.24, 2.45) is 11.8 Å². The Morgan fingerprint density at radius 2 is 2.00 bits per heavy atom. The molecule has 164 valence electrons. The third kappa shape index (κ3) is 3.84. The van der Waals surface area contributed by atoms with Crippen LogP contribution in [-0.2, 0) is 16.1 Å². The molecule has 2 amide bonds. The van der Waals surface area contributed by atoms with Gasteiger partial charge in [0.15, 0.2) is 0 Å². The molecule has 1 N–H and O–H groups in total. The highest BCUT2D eigenvalue weighted by atomic mass is 16.4. The first-order valence-corrected chi connectivity index (χ1v) is 11.3. The largest absolute Gasteiger partial charge is 0.419 e. The third-order valence-corrected chi connectivity index (χ3v) is 6.88. The Kier molecular flexibility index (Phi) is 5.48. The lowest BCUT2D eigenvalue weighted by Gasteiger charge is -2.55. The number of amides is 2. The predicted molar refractivity (Wildman–Crippen MR) is 114 cm³/mol. The van der Waals surface area contributed by atoms with Crippen LogP contribution >= 0.6 is 0 Å². The van der Waals surface area contributed by atoms with Gasteiger partial charge in [0.1, 0.15) is 6.04 Å². The summed E-state index contributed by atoms with van der Waals surface area (Å²) in [6.07, 6.45) is 3.44. The molecule has 0 spiro atoms. The Bertz CT molecular complexity index is 946. The van der Waals surface area contributed by atoms with E-state index in [1.165, 1.54) is 0 Å². The number of hydrogen-bond acceptors (Lipinski definition) is 6. The summed E-state index contributed by atoms with van der Waals surface area (Å²) in [5.74, 6) is 1.74. The van der Waals surface area contributed by atoms with Crippen LogP contribution in [0.1, 0.15) is 38.5 Å². The minimum Gasteiger partial charge on any atom is -0.419 e. The van der Waals surface area contributed by atoms with Crippen LogP contribution < -0.4 is 5.32 Å². The predicted octanol–water partition coefficient (Wildman–Crippen LogP) is 2.07. The molecular weight excluding hydrogens is 394 g/mol. The quantitative estimate of drug-likeness (QED) is 0.792. The maximum atomic E-state index is 13.0. The van der Waals surface area contributed by atoms with E-state index >= 15 is 0 Å². The second kappa shape index (κ2) is 8.42. The summed E-state index contributed by atoms with van der Waals surface area (Å²) in [7, 11) is 0. The van der Waals surface area contributed by atoms with Gasteiger partial charge in [-0.3, -0.25) is 14.5 Å². The van der Waals surface area contributed by atoms with Crippen molar-refractivity contribution in [2.45, 2.75) is 51.2 Å². The number of hydrogen-bond donors (Lipinski definition) is 1. The standard InChI is InChI=1S/C23H29N5O3/c1-2-24-22(30)21-17-11-16(18-9-6-10-20(29)28(18)21)12-27(13-17)14-19-25-26-23(31-19)15-7-4-3-5-8-15/h3-5,7-8,16-18,21H,2,6,9-14H2,1H3,(H,24,30)/t16-,17+,18+,21-/m1/s1. The number of carbonyl (C=O) groups is 2. The highest BCUT2D eigenvalue weighted by Crippen LogP contribution is 2.42. The van der Waals surface area contributed by atoms with Gasteiger partial charge in [-0.05, 0) is 44.2 Å². The molecule has 3 fully saturated rings. The molecule has 1 aromatic heterocycles. The lowest BCUT2D eigenvalue weighted by atomic mass is 9.71. The fraction of sp³-hybridized carbons (Fsp3) is 0.565. The van der Waals surface area contributed by atoms with E-state index in [0.717, 1.165) is 37.9 Å². The summed E-state index contributed by atoms with van der Waals surface area (Å²) in [6.45, 7) is 4.70. The van der Waals surface area contributed by atoms with Crippen molar-refractivity contribution < 1.29 is 14.0 Å². The van der Waals surface area contributed by atoms with Gasteiger partial charge < -0.3 is 14.6 Å². The van der Waals surface area contributed by atoms with E-state index in [1.54, 1.807) is 0 Å². The van der Waals surface area contributed by atoms with E-state index in [-0.39, 0.29) is 29.8 Å². The molecule has 0 unspecified atom stereocenters. The van der Waals surface area contributed by atoms with E-state index < -0.39 is 0 Å². The van der Waals surface area contributed by atoms with Crippen LogP contribution in [-0.4, -0.2) is 63.5 Å². The van der Waals surface area contributed by atoms with E-state index in [9.17, 15) is 9.59 Å². The number of carbonyl (C=O) groups excluding carboxylic acids is 2. The number of rotatable bonds is 5. The minimum absolute atomic E-state index is 0.0165. The summed E-state index contributed by atoms with van der Waals surface area (Å²) < 4.78 is 5.92. The molecular formula is C23H29N5O3. The van der Waals surface area contributed by atoms with Crippen LogP contribution in [0.5, 0.6) is 0 Å². The van der Waals surface area contributed by atoms with Crippen LogP contribution in [0.3, 0.4) is 0 Å². The molecule has 0 aliphatic carbocycles. The number of fused-ring (bicyclic) bond motifs is 4. The van der Waals surface area contributed by atoms with Crippen molar-refractivity contribution in [3.8, 4) is 11.5 Å². The summed E-state index contributed by atoms with van der Waals surface area (Å²) >= 11 is 0. The lowest BCUT2D eigenvalue weighted by Crippen LogP contribution is -2.68. The van der Waals surface area contributed by atoms with Crippen LogP contribution in [0.4, 0.5) is 0 Å². The van der Waals surface area contributed by atoms with Crippen LogP contribution in [0.2, 0.25) is 0 Å². The Hall–Kier alpha value is -2.74. The fourth-order valence-electron chi connectivity index (χ4n) is 5.70. The first-order valence-electron chi connectivity index (χ1n) is 11.3. The summed E-state index contributed by atoms with van der Waals surface area (Å²) in [5, 5.41) is 11.4. The van der Waals surface area contributed by atoms with E-state index in [4.69, 9.17) is 4.42 Å². The zero-order valence-electron chi connectivity index (χ0n) is 17.9. The number of piperidine rings is 3. The van der Waals surface area contributed by atoms with Gasteiger partial charge in [-0.15, -0.1) is 10.2 Å². The topological polar surface area (TPSA) is 91.6 Å². The van der Waals surface area contributed by atoms with Gasteiger partial charge >= 0.3 is 0 Å². The molecule has 3 aliphatic heterocycles. The Balaban J connectivity index is 1.35. The summed E-state index contributed by atoms with van der Waals surface area (Å²) in [5.41, 5.74) is 0.907. The monoisotopic (exact) mass is 423 g/mol. The van der Waals surface area contributed by atoms with Gasteiger partial charge in [-0.1, -0.05) is 18.2 Å². The molecule has 2 aromatic rings. The molecule has 8 nitrogen and oxygen atoms in total. The second-order valence-electron chi connectivity index (χ2n) is 8.92. The molecule has 8 heteroatoms. The third-order valence-electron chi connectivity index (χ3n) is 6.88. The van der Waals surface area contributed by atoms with Crippen molar-refractivity contribution in [2.75, 3.05) is 19.6 Å². The van der Waals surface area contributed by atoms with Gasteiger partial charge in [-0.25, -0.2) is 0 Å². The van der Waals surface area contributed by atoms with E-state index in [2.05, 4.69) is 20.4 Å². The minimum atomic E-state index is -0.376. The molecule has 0 saturated carbocycles. The number of aromatic nitrogens is 2. The number of likely N-dealkylation sites (tertiary alicyclic amines) is 1. The van der Waals surface area contributed by atoms with Gasteiger partial charge in [-0.2, -0.15) is 0 Å². The molecule has 4 heterocycles. The van der Waals surface area contributed by atoms with Crippen molar-refractivity contribution in [3.05, 3.63) is 36.2 Å². The van der Waals surface area contributed by atoms with Crippen LogP contribution in [0, 0.1) is 11.8 Å². The van der Waals surface area contributed by atoms with E-state index in [0.29, 0.717) is 37.2 Å². The molecule has 3 aliphatic rings. The maximum Gasteiger partial charge on any atom is 0.247 e. The zero-order chi connectivity index (χ0) is 21.4. The molecule has 4 atom stereocenters. The average Bonchev–Trinajstić information content (AvgIpc) is 3.24. The zero-order valence-corrected chi connectivity index (χ0v) is 17.9. The number of nitrogens with one attached hydrogen (secondary N) is 1. The smallest absolute Gasteiger partial charge is 0.247 e. The molecule has 3 saturated heterocycles. The normalized spacial score (nSPS) is 28.3. The fourth-order valence-corrected chi connectivity index (χ4v) is 5.70. The first-order chi connectivity index (χ1) is 15.1. The number of likely N-dealkylation sites (N-methyl/N-ethyl adjacent to an activating group) is 1. The Labute approximate surface area is 182 Å². The van der Waals surface area contributed by atoms with Gasteiger partial charge in [0.05, 0.1) is 6.54 Å². The molecule has 31 heavy (non-hydrogen) atoms. The number of nitrogens with zero attached hydrogens (tertiary/aromatic N) is 4. The Morgan fingerprint density at radius 3 is 2.81 bits per heavy atom. The van der Waals surface area contributed by atoms with Crippen molar-refractivity contribution in [1.29, 1.82) is 0 Å². The number of benzene rings is 1. The van der Waals surface area contributed by atoms with Gasteiger partial charge in [0.25, 0.3) is 0 Å². The Morgan fingerprint density at radius 1 is 1.19 bits per heavy atom. The summed E-state index contributed by atoms with van der Waals surface area (Å²) in [6, 6.07) is 9.53. The maximum absolute atomic E-state index is 13.0. The molecule has 1 aromatic carbocycles. The van der Waals surface area contributed by atoms with Gasteiger partial charge in [0.2, 0.25) is 23.6 Å². The lowest BCUT2D eigenvalue weighted by molar-refractivity contribution is -0.160. The van der Waals surface area contributed by atoms with Crippen molar-refractivity contribution >= 4 is 11.8 Å². The van der Waals surface area contributed by atoms with Gasteiger partial charge in [0, 0.05) is 43.6 Å². The van der Waals surface area contributed by atoms with E-state index in [1.807, 2.05) is 42.2 Å². The van der Waals surface area contributed by atoms with Crippen molar-refractivity contribution in [3.63, 3.8) is 0 Å². The highest BCUT2D eigenvalue weighted by molar-refractivity contribution is 5.89. The first kappa shape index (κ1) is 20.2. The molecule has 2 bridgehead atoms. The van der Waals surface area contributed by atoms with Crippen LogP contribution in [0.15, 0.2) is 34.7 Å². The molecule has 0 radical (unpaired) electrons.